The van der Waals surface area contributed by atoms with Crippen LogP contribution in [0.3, 0.4) is 0 Å². The van der Waals surface area contributed by atoms with Gasteiger partial charge >= 0.3 is 5.97 Å². The van der Waals surface area contributed by atoms with Crippen molar-refractivity contribution in [1.29, 1.82) is 0 Å². The Bertz CT molecular complexity index is 261. The first kappa shape index (κ1) is 12.9. The summed E-state index contributed by atoms with van der Waals surface area (Å²) < 4.78 is 0. The highest BCUT2D eigenvalue weighted by molar-refractivity contribution is 5.67. The Morgan fingerprint density at radius 3 is 2.53 bits per heavy atom. The molecule has 2 unspecified atom stereocenters. The van der Waals surface area contributed by atoms with E-state index in [0.717, 1.165) is 18.9 Å². The molecule has 2 atom stereocenters. The second-order valence-corrected chi connectivity index (χ2v) is 5.77. The van der Waals surface area contributed by atoms with Crippen LogP contribution >= 0.6 is 0 Å². The molecule has 0 amide bonds. The number of piperidine rings is 1. The van der Waals surface area contributed by atoms with Gasteiger partial charge in [0.25, 0.3) is 0 Å². The second kappa shape index (κ2) is 5.85. The van der Waals surface area contributed by atoms with E-state index >= 15 is 0 Å². The molecule has 3 nitrogen and oxygen atoms in total. The van der Waals surface area contributed by atoms with Crippen LogP contribution in [0.4, 0.5) is 0 Å². The summed E-state index contributed by atoms with van der Waals surface area (Å²) in [7, 11) is 0. The molecule has 0 bridgehead atoms. The Labute approximate surface area is 104 Å². The maximum atomic E-state index is 10.9. The first-order valence-electron chi connectivity index (χ1n) is 7.16. The van der Waals surface area contributed by atoms with Crippen LogP contribution in [0.1, 0.15) is 58.3 Å². The van der Waals surface area contributed by atoms with Crippen molar-refractivity contribution in [3.8, 4) is 0 Å². The molecule has 1 aliphatic heterocycles. The fourth-order valence-corrected chi connectivity index (χ4v) is 3.69. The minimum Gasteiger partial charge on any atom is -0.481 e. The number of nitrogens with zero attached hydrogens (tertiary/aromatic N) is 1. The van der Waals surface area contributed by atoms with Gasteiger partial charge in [-0.1, -0.05) is 19.3 Å². The SMILES string of the molecule is CC(C1CCCC1)N1CCCCC1CC(=O)O. The largest absolute Gasteiger partial charge is 0.481 e. The first-order valence-corrected chi connectivity index (χ1v) is 7.16. The van der Waals surface area contributed by atoms with Gasteiger partial charge in [0.2, 0.25) is 0 Å². The monoisotopic (exact) mass is 239 g/mol. The lowest BCUT2D eigenvalue weighted by atomic mass is 9.91. The molecule has 2 rings (SSSR count). The van der Waals surface area contributed by atoms with Crippen LogP contribution < -0.4 is 0 Å². The maximum absolute atomic E-state index is 10.9. The van der Waals surface area contributed by atoms with Crippen molar-refractivity contribution in [2.75, 3.05) is 6.54 Å². The van der Waals surface area contributed by atoms with Crippen molar-refractivity contribution in [3.63, 3.8) is 0 Å². The van der Waals surface area contributed by atoms with E-state index < -0.39 is 5.97 Å². The molecule has 98 valence electrons. The highest BCUT2D eigenvalue weighted by Crippen LogP contribution is 2.33. The predicted octanol–water partition coefficient (Wildman–Crippen LogP) is 2.89. The normalized spacial score (nSPS) is 29.4. The van der Waals surface area contributed by atoms with E-state index in [1.165, 1.54) is 38.5 Å². The van der Waals surface area contributed by atoms with E-state index in [4.69, 9.17) is 5.11 Å². The third-order valence-corrected chi connectivity index (χ3v) is 4.69. The molecule has 0 spiro atoms. The van der Waals surface area contributed by atoms with E-state index in [1.807, 2.05) is 0 Å². The van der Waals surface area contributed by atoms with Crippen molar-refractivity contribution < 1.29 is 9.90 Å². The number of likely N-dealkylation sites (tertiary alicyclic amines) is 1. The van der Waals surface area contributed by atoms with Gasteiger partial charge in [0, 0.05) is 12.1 Å². The van der Waals surface area contributed by atoms with Gasteiger partial charge in [-0.3, -0.25) is 9.69 Å². The summed E-state index contributed by atoms with van der Waals surface area (Å²) in [5, 5.41) is 9.00. The molecule has 0 aromatic carbocycles. The van der Waals surface area contributed by atoms with Crippen LogP contribution in [0.15, 0.2) is 0 Å². The lowest BCUT2D eigenvalue weighted by molar-refractivity contribution is -0.139. The summed E-state index contributed by atoms with van der Waals surface area (Å²) in [6, 6.07) is 0.874. The molecule has 17 heavy (non-hydrogen) atoms. The van der Waals surface area contributed by atoms with Crippen molar-refractivity contribution in [3.05, 3.63) is 0 Å². The van der Waals surface area contributed by atoms with Gasteiger partial charge in [0.15, 0.2) is 0 Å². The highest BCUT2D eigenvalue weighted by Gasteiger charge is 2.33. The molecule has 0 aromatic heterocycles. The molecule has 1 N–H and O–H groups in total. The molecule has 1 aliphatic carbocycles. The van der Waals surface area contributed by atoms with Crippen LogP contribution in [0, 0.1) is 5.92 Å². The van der Waals surface area contributed by atoms with E-state index in [2.05, 4.69) is 11.8 Å². The highest BCUT2D eigenvalue weighted by atomic mass is 16.4. The number of aliphatic carboxylic acids is 1. The van der Waals surface area contributed by atoms with E-state index in [9.17, 15) is 4.79 Å². The van der Waals surface area contributed by atoms with Gasteiger partial charge in [-0.05, 0) is 45.1 Å². The Balaban J connectivity index is 1.96. The average molecular weight is 239 g/mol. The minimum atomic E-state index is -0.638. The van der Waals surface area contributed by atoms with E-state index in [1.54, 1.807) is 0 Å². The van der Waals surface area contributed by atoms with Crippen molar-refractivity contribution in [2.24, 2.45) is 5.92 Å². The second-order valence-electron chi connectivity index (χ2n) is 5.77. The third-order valence-electron chi connectivity index (χ3n) is 4.69. The Kier molecular flexibility index (Phi) is 4.43. The van der Waals surface area contributed by atoms with Gasteiger partial charge < -0.3 is 5.11 Å². The lowest BCUT2D eigenvalue weighted by Crippen LogP contribution is -2.48. The van der Waals surface area contributed by atoms with Crippen molar-refractivity contribution in [1.82, 2.24) is 4.90 Å². The number of carbonyl (C=O) groups is 1. The number of rotatable bonds is 4. The van der Waals surface area contributed by atoms with Crippen LogP contribution in [0.2, 0.25) is 0 Å². The van der Waals surface area contributed by atoms with Gasteiger partial charge in [0.1, 0.15) is 0 Å². The molecule has 1 saturated heterocycles. The first-order chi connectivity index (χ1) is 8.18. The fraction of sp³-hybridized carbons (Fsp3) is 0.929. The fourth-order valence-electron chi connectivity index (χ4n) is 3.69. The molecule has 0 aromatic rings. The zero-order valence-corrected chi connectivity index (χ0v) is 10.9. The van der Waals surface area contributed by atoms with Crippen LogP contribution in [0.5, 0.6) is 0 Å². The molecule has 1 saturated carbocycles. The standard InChI is InChI=1S/C14H25NO2/c1-11(12-6-2-3-7-12)15-9-5-4-8-13(15)10-14(16)17/h11-13H,2-10H2,1H3,(H,16,17). The number of carboxylic acid groups (broad SMARTS) is 1. The van der Waals surface area contributed by atoms with Crippen LogP contribution in [-0.2, 0) is 4.79 Å². The van der Waals surface area contributed by atoms with Gasteiger partial charge in [-0.2, -0.15) is 0 Å². The van der Waals surface area contributed by atoms with E-state index in [-0.39, 0.29) is 6.04 Å². The van der Waals surface area contributed by atoms with Gasteiger partial charge in [-0.25, -0.2) is 0 Å². The third kappa shape index (κ3) is 3.21. The summed E-state index contributed by atoms with van der Waals surface area (Å²) >= 11 is 0. The topological polar surface area (TPSA) is 40.5 Å². The molecular formula is C14H25NO2. The number of carboxylic acids is 1. The van der Waals surface area contributed by atoms with Crippen molar-refractivity contribution >= 4 is 5.97 Å². The minimum absolute atomic E-state index is 0.289. The molecule has 3 heteroatoms. The van der Waals surface area contributed by atoms with E-state index in [0.29, 0.717) is 12.5 Å². The maximum Gasteiger partial charge on any atom is 0.304 e. The molecule has 2 fully saturated rings. The molecule has 1 heterocycles. The summed E-state index contributed by atoms with van der Waals surface area (Å²) in [6.07, 6.45) is 9.27. The van der Waals surface area contributed by atoms with Crippen LogP contribution in [-0.4, -0.2) is 34.6 Å². The predicted molar refractivity (Wildman–Crippen MR) is 68.0 cm³/mol. The summed E-state index contributed by atoms with van der Waals surface area (Å²) in [5.74, 6) is 0.171. The van der Waals surface area contributed by atoms with Crippen LogP contribution in [0.25, 0.3) is 0 Å². The van der Waals surface area contributed by atoms with Gasteiger partial charge in [-0.15, -0.1) is 0 Å². The Hall–Kier alpha value is -0.570. The summed E-state index contributed by atoms with van der Waals surface area (Å²) in [6.45, 7) is 3.42. The Morgan fingerprint density at radius 1 is 1.24 bits per heavy atom. The Morgan fingerprint density at radius 2 is 1.88 bits per heavy atom. The average Bonchev–Trinajstić information content (AvgIpc) is 2.81. The zero-order chi connectivity index (χ0) is 12.3. The summed E-state index contributed by atoms with van der Waals surface area (Å²) in [5.41, 5.74) is 0. The zero-order valence-electron chi connectivity index (χ0n) is 10.9. The van der Waals surface area contributed by atoms with Crippen molar-refractivity contribution in [2.45, 2.75) is 70.4 Å². The summed E-state index contributed by atoms with van der Waals surface area (Å²) in [4.78, 5) is 13.4. The molecule has 2 aliphatic rings. The smallest absolute Gasteiger partial charge is 0.304 e. The lowest BCUT2D eigenvalue weighted by Gasteiger charge is -2.41. The molecular weight excluding hydrogens is 214 g/mol. The number of hydrogen-bond donors (Lipinski definition) is 1. The number of hydrogen-bond acceptors (Lipinski definition) is 2. The van der Waals surface area contributed by atoms with Gasteiger partial charge in [0.05, 0.1) is 6.42 Å². The quantitative estimate of drug-likeness (QED) is 0.820. The molecule has 0 radical (unpaired) electrons.